The average molecular weight is 967 g/mol. The van der Waals surface area contributed by atoms with Crippen LogP contribution in [0.4, 0.5) is 0 Å². The fourth-order valence-electron chi connectivity index (χ4n) is 0. The monoisotopic (exact) mass is 966 g/mol. The molecule has 18 N–H and O–H groups in total. The van der Waals surface area contributed by atoms with Gasteiger partial charge in [-0.25, -0.2) is 0 Å². The van der Waals surface area contributed by atoms with E-state index >= 15 is 0 Å². The molecule has 0 aromatic rings. The first-order valence-corrected chi connectivity index (χ1v) is 17.6. The Morgan fingerprint density at radius 3 is 0.149 bits per heavy atom. The first-order valence-electron chi connectivity index (χ1n) is 5.86. The van der Waals surface area contributed by atoms with Crippen molar-refractivity contribution >= 4 is 408 Å². The number of hydrogen-bond acceptors (Lipinski definition) is 9. The minimum absolute atomic E-state index is 0. The fraction of sp³-hybridized carbons (Fsp3) is 0. The van der Waals surface area contributed by atoms with E-state index in [-0.39, 0.29) is 325 Å². The van der Waals surface area contributed by atoms with Crippen molar-refractivity contribution in [1.82, 2.24) is 0 Å². The molecule has 0 saturated heterocycles. The Morgan fingerprint density at radius 2 is 0.149 bits per heavy atom. The molecule has 27 nitrogen and oxygen atoms in total. The van der Waals surface area contributed by atoms with Crippen LogP contribution in [0.25, 0.3) is 0 Å². The third-order valence-corrected chi connectivity index (χ3v) is 0. The normalized spacial score (nSPS) is 4.60. The van der Waals surface area contributed by atoms with Crippen molar-refractivity contribution in [3.05, 3.63) is 0 Å². The zero-order valence-electron chi connectivity index (χ0n) is 16.2. The second-order valence-electron chi connectivity index (χ2n) is 2.54. The first kappa shape index (κ1) is 131. The van der Waals surface area contributed by atoms with Gasteiger partial charge in [0.15, 0.2) is 0 Å². The molecule has 0 unspecified atom stereocenters. The van der Waals surface area contributed by atoms with Crippen LogP contribution in [0.2, 0.25) is 0 Å². The molecule has 0 spiro atoms. The molecule has 0 amide bonds. The molecule has 0 aromatic carbocycles. The summed E-state index contributed by atoms with van der Waals surface area (Å²) in [6, 6.07) is 0. The van der Waals surface area contributed by atoms with Crippen molar-refractivity contribution in [3.63, 3.8) is 0 Å². The van der Waals surface area contributed by atoms with Gasteiger partial charge in [-0.1, -0.05) is 0 Å². The molecule has 0 aromatic heterocycles. The molecule has 0 fully saturated rings. The van der Waals surface area contributed by atoms with E-state index in [0.29, 0.717) is 0 Å². The SMILES string of the molecule is O=[Si](O)O.O=[Si](O)O.O=[Si](O)O.O=[Si](O)O.O=[Si](O)O.O=[Si](O)O.O=[Si](O)O.O=[Si](O)O.O=[Si](O)O.[NaH].[NaH].[NaH].[NaH].[NaH].[NaH].[NaH].[NaH].[NaH].[NaH].[NaH]. The predicted octanol–water partition coefficient (Wildman–Crippen LogP) is -21.7. The molecule has 0 aliphatic rings. The summed E-state index contributed by atoms with van der Waals surface area (Å²) in [6.45, 7) is 0. The van der Waals surface area contributed by atoms with Crippen LogP contribution in [0, 0.1) is 0 Å². The maximum atomic E-state index is 8.74. The van der Waals surface area contributed by atoms with E-state index in [1.165, 1.54) is 0 Å². The summed E-state index contributed by atoms with van der Waals surface area (Å²) in [5.41, 5.74) is 0. The van der Waals surface area contributed by atoms with Gasteiger partial charge in [-0.2, -0.15) is 0 Å². The van der Waals surface area contributed by atoms with Gasteiger partial charge in [-0.05, 0) is 0 Å². The summed E-state index contributed by atoms with van der Waals surface area (Å²) in [5, 5.41) is 0. The van der Waals surface area contributed by atoms with E-state index in [1.807, 2.05) is 0 Å². The zero-order valence-corrected chi connectivity index (χ0v) is 25.2. The van der Waals surface area contributed by atoms with Gasteiger partial charge < -0.3 is 86.3 Å². The standard InChI is InChI=1S/11Na.9H2O3Si.11H/c;;;;;;;;;;;9*1-4(2)3;;;;;;;;;;;/h;;;;;;;;;;;9*1-2H;;;;;;;;;;;. The molecule has 0 atom stereocenters. The summed E-state index contributed by atoms with van der Waals surface area (Å²) in [4.78, 5) is 129. The van der Waals surface area contributed by atoms with Crippen LogP contribution in [0.1, 0.15) is 0 Å². The van der Waals surface area contributed by atoms with E-state index in [0.717, 1.165) is 0 Å². The summed E-state index contributed by atoms with van der Waals surface area (Å²) in [7, 11) is -28.2. The summed E-state index contributed by atoms with van der Waals surface area (Å²) >= 11 is 0. The van der Waals surface area contributed by atoms with Crippen molar-refractivity contribution in [2.75, 3.05) is 0 Å². The van der Waals surface area contributed by atoms with Gasteiger partial charge in [0.1, 0.15) is 0 Å². The van der Waals surface area contributed by atoms with E-state index in [9.17, 15) is 0 Å². The molecular formula is H29Na11O27Si9. The molecule has 0 saturated carbocycles. The molecule has 0 aliphatic carbocycles. The van der Waals surface area contributed by atoms with Crippen molar-refractivity contribution in [1.29, 1.82) is 0 Å². The van der Waals surface area contributed by atoms with E-state index < -0.39 is 82.5 Å². The Bertz CT molecular complexity index is 444. The molecule has 47 heavy (non-hydrogen) atoms. The molecule has 47 heteroatoms. The van der Waals surface area contributed by atoms with Crippen LogP contribution in [0.15, 0.2) is 0 Å². The van der Waals surface area contributed by atoms with Crippen LogP contribution in [-0.2, 0) is 40.2 Å². The van der Waals surface area contributed by atoms with Crippen molar-refractivity contribution < 1.29 is 126 Å². The first-order chi connectivity index (χ1) is 15.6. The Balaban J connectivity index is -0.00000000942. The summed E-state index contributed by atoms with van der Waals surface area (Å²) < 4.78 is 78.7. The zero-order chi connectivity index (χ0) is 32.2. The number of hydrogen-bond donors (Lipinski definition) is 18. The van der Waals surface area contributed by atoms with Gasteiger partial charge in [0, 0.05) is 0 Å². The second-order valence-corrected chi connectivity index (χ2v) is 7.63. The third kappa shape index (κ3) is 2500. The predicted molar refractivity (Wildman–Crippen MR) is 177 cm³/mol. The van der Waals surface area contributed by atoms with Gasteiger partial charge in [0.2, 0.25) is 0 Å². The van der Waals surface area contributed by atoms with Crippen LogP contribution >= 0.6 is 0 Å². The Kier molecular flexibility index (Phi) is 345. The quantitative estimate of drug-likeness (QED) is 0.100. The Morgan fingerprint density at radius 1 is 0.149 bits per heavy atom. The van der Waals surface area contributed by atoms with Crippen LogP contribution < -0.4 is 0 Å². The van der Waals surface area contributed by atoms with Crippen molar-refractivity contribution in [3.8, 4) is 0 Å². The van der Waals surface area contributed by atoms with Gasteiger partial charge in [-0.15, -0.1) is 0 Å². The second kappa shape index (κ2) is 124. The number of rotatable bonds is 0. The van der Waals surface area contributed by atoms with Crippen LogP contribution in [-0.4, -0.2) is 494 Å². The Hall–Kier alpha value is 7.55. The topological polar surface area (TPSA) is 518 Å². The molecule has 0 rings (SSSR count). The van der Waals surface area contributed by atoms with Gasteiger partial charge in [0.25, 0.3) is 0 Å². The molecule has 0 aliphatic heterocycles. The molecule has 238 valence electrons. The van der Waals surface area contributed by atoms with E-state index in [2.05, 4.69) is 0 Å². The van der Waals surface area contributed by atoms with Gasteiger partial charge in [0.05, 0.1) is 0 Å². The maximum absolute atomic E-state index is 8.74. The fourth-order valence-corrected chi connectivity index (χ4v) is 0. The van der Waals surface area contributed by atoms with E-state index in [1.54, 1.807) is 0 Å². The van der Waals surface area contributed by atoms with Gasteiger partial charge >= 0.3 is 408 Å². The Labute approximate surface area is 521 Å². The summed E-state index contributed by atoms with van der Waals surface area (Å²) in [5.74, 6) is 0. The van der Waals surface area contributed by atoms with Gasteiger partial charge in [-0.3, -0.25) is 40.2 Å². The minimum atomic E-state index is -3.13. The summed E-state index contributed by atoms with van der Waals surface area (Å²) in [6.07, 6.45) is 0. The third-order valence-electron chi connectivity index (χ3n) is 0. The van der Waals surface area contributed by atoms with Crippen LogP contribution in [0.5, 0.6) is 0 Å². The molecule has 0 bridgehead atoms. The van der Waals surface area contributed by atoms with Crippen molar-refractivity contribution in [2.45, 2.75) is 0 Å². The van der Waals surface area contributed by atoms with Crippen LogP contribution in [0.3, 0.4) is 0 Å². The molecule has 0 radical (unpaired) electrons. The average Bonchev–Trinajstić information content (AvgIpc) is 2.39. The van der Waals surface area contributed by atoms with Crippen molar-refractivity contribution in [2.24, 2.45) is 0 Å². The molecule has 0 heterocycles. The molecular weight excluding hydrogens is 938 g/mol. The van der Waals surface area contributed by atoms with E-state index in [4.69, 9.17) is 126 Å².